The summed E-state index contributed by atoms with van der Waals surface area (Å²) in [5.41, 5.74) is 2.07. The molecule has 144 valence electrons. The Kier molecular flexibility index (Phi) is 5.68. The third-order valence-corrected chi connectivity index (χ3v) is 4.87. The highest BCUT2D eigenvalue weighted by Gasteiger charge is 2.25. The van der Waals surface area contributed by atoms with Gasteiger partial charge in [0.15, 0.2) is 0 Å². The van der Waals surface area contributed by atoms with E-state index in [2.05, 4.69) is 43.6 Å². The van der Waals surface area contributed by atoms with Crippen molar-refractivity contribution in [3.63, 3.8) is 0 Å². The summed E-state index contributed by atoms with van der Waals surface area (Å²) < 4.78 is 4.21. The Morgan fingerprint density at radius 2 is 1.70 bits per heavy atom. The fourth-order valence-electron chi connectivity index (χ4n) is 3.65. The highest BCUT2D eigenvalue weighted by atomic mass is 16.2. The van der Waals surface area contributed by atoms with Gasteiger partial charge in [-0.3, -0.25) is 4.79 Å². The number of nitrogens with zero attached hydrogens (tertiary/aromatic N) is 3. The van der Waals surface area contributed by atoms with Crippen LogP contribution < -0.4 is 5.32 Å². The smallest absolute Gasteiger partial charge is 0.243 e. The maximum absolute atomic E-state index is 13.1. The lowest BCUT2D eigenvalue weighted by Gasteiger charge is -2.24. The van der Waals surface area contributed by atoms with Crippen LogP contribution in [0.15, 0.2) is 48.8 Å². The molecule has 0 spiro atoms. The van der Waals surface area contributed by atoms with Gasteiger partial charge in [-0.1, -0.05) is 26.0 Å². The number of para-hydroxylation sites is 2. The van der Waals surface area contributed by atoms with E-state index >= 15 is 0 Å². The number of hydrogen-bond donors (Lipinski definition) is 1. The molecule has 5 nitrogen and oxygen atoms in total. The van der Waals surface area contributed by atoms with Gasteiger partial charge in [-0.05, 0) is 57.4 Å². The Bertz CT molecular complexity index is 892. The molecule has 0 fully saturated rings. The number of carbonyl (C=O) groups is 1. The Balaban J connectivity index is 1.88. The molecule has 0 saturated heterocycles. The number of nitrogens with one attached hydrogen (secondary N) is 1. The molecular weight excluding hydrogens is 336 g/mol. The first-order valence-electron chi connectivity index (χ1n) is 9.78. The molecule has 27 heavy (non-hydrogen) atoms. The lowest BCUT2D eigenvalue weighted by molar-refractivity contribution is -0.125. The normalized spacial score (nSPS) is 14.0. The molecule has 5 heteroatoms. The fraction of sp³-hybridized carbons (Fsp3) is 0.455. The summed E-state index contributed by atoms with van der Waals surface area (Å²) in [5, 5.41) is 3.20. The van der Waals surface area contributed by atoms with Gasteiger partial charge in [0, 0.05) is 18.4 Å². The largest absolute Gasteiger partial charge is 0.345 e. The van der Waals surface area contributed by atoms with Gasteiger partial charge in [-0.15, -0.1) is 0 Å². The molecule has 0 bridgehead atoms. The minimum atomic E-state index is -0.209. The van der Waals surface area contributed by atoms with E-state index < -0.39 is 0 Å². The summed E-state index contributed by atoms with van der Waals surface area (Å²) in [4.78, 5) is 17.9. The van der Waals surface area contributed by atoms with Gasteiger partial charge in [0.05, 0.1) is 17.1 Å². The fourth-order valence-corrected chi connectivity index (χ4v) is 3.65. The van der Waals surface area contributed by atoms with Gasteiger partial charge in [0.2, 0.25) is 5.91 Å². The SMILES string of the molecule is CC(C)C[C@@H](C(=O)N[C@H](C)c1nc2ccccc2n1C(C)C)n1cccc1. The van der Waals surface area contributed by atoms with Crippen molar-refractivity contribution in [2.24, 2.45) is 5.92 Å². The van der Waals surface area contributed by atoms with E-state index in [0.29, 0.717) is 5.92 Å². The number of carbonyl (C=O) groups excluding carboxylic acids is 1. The second-order valence-corrected chi connectivity index (χ2v) is 7.93. The number of fused-ring (bicyclic) bond motifs is 1. The first-order chi connectivity index (χ1) is 12.9. The standard InChI is InChI=1S/C22H30N4O/c1-15(2)14-20(25-12-8-9-13-25)22(27)23-17(5)21-24-18-10-6-7-11-19(18)26(21)16(3)4/h6-13,15-17,20H,14H2,1-5H3,(H,23,27)/t17-,20+/m1/s1. The molecule has 3 aromatic rings. The van der Waals surface area contributed by atoms with Gasteiger partial charge < -0.3 is 14.5 Å². The van der Waals surface area contributed by atoms with Crippen LogP contribution >= 0.6 is 0 Å². The molecule has 1 aromatic carbocycles. The van der Waals surface area contributed by atoms with Gasteiger partial charge >= 0.3 is 0 Å². The van der Waals surface area contributed by atoms with Crippen molar-refractivity contribution < 1.29 is 4.79 Å². The highest BCUT2D eigenvalue weighted by molar-refractivity contribution is 5.81. The molecule has 2 atom stereocenters. The predicted molar refractivity (Wildman–Crippen MR) is 110 cm³/mol. The second-order valence-electron chi connectivity index (χ2n) is 7.93. The molecule has 0 radical (unpaired) electrons. The number of rotatable bonds is 7. The van der Waals surface area contributed by atoms with Crippen LogP contribution in [0.2, 0.25) is 0 Å². The quantitative estimate of drug-likeness (QED) is 0.648. The van der Waals surface area contributed by atoms with Crippen LogP contribution in [0.4, 0.5) is 0 Å². The molecule has 0 aliphatic heterocycles. The summed E-state index contributed by atoms with van der Waals surface area (Å²) in [5.74, 6) is 1.36. The van der Waals surface area contributed by atoms with Crippen molar-refractivity contribution in [1.82, 2.24) is 19.4 Å². The number of aromatic nitrogens is 3. The molecule has 2 heterocycles. The molecule has 1 amide bonds. The average molecular weight is 367 g/mol. The van der Waals surface area contributed by atoms with E-state index in [9.17, 15) is 4.79 Å². The monoisotopic (exact) mass is 366 g/mol. The zero-order chi connectivity index (χ0) is 19.6. The third-order valence-electron chi connectivity index (χ3n) is 4.87. The van der Waals surface area contributed by atoms with Crippen LogP contribution in [0.5, 0.6) is 0 Å². The van der Waals surface area contributed by atoms with Gasteiger partial charge in [-0.25, -0.2) is 4.98 Å². The first-order valence-corrected chi connectivity index (χ1v) is 9.78. The number of hydrogen-bond acceptors (Lipinski definition) is 2. The maximum atomic E-state index is 13.1. The zero-order valence-electron chi connectivity index (χ0n) is 16.9. The molecule has 1 N–H and O–H groups in total. The molecule has 2 aromatic heterocycles. The topological polar surface area (TPSA) is 51.9 Å². The van der Waals surface area contributed by atoms with Crippen LogP contribution in [-0.2, 0) is 4.79 Å². The number of amides is 1. The molecular formula is C22H30N4O. The van der Waals surface area contributed by atoms with Crippen molar-refractivity contribution in [3.8, 4) is 0 Å². The molecule has 0 aliphatic rings. The number of benzene rings is 1. The first kappa shape index (κ1) is 19.2. The van der Waals surface area contributed by atoms with E-state index in [0.717, 1.165) is 23.3 Å². The van der Waals surface area contributed by atoms with E-state index in [-0.39, 0.29) is 24.0 Å². The van der Waals surface area contributed by atoms with E-state index in [1.807, 2.05) is 54.2 Å². The van der Waals surface area contributed by atoms with Gasteiger partial charge in [-0.2, -0.15) is 0 Å². The summed E-state index contributed by atoms with van der Waals surface area (Å²) in [6.45, 7) is 10.6. The summed E-state index contributed by atoms with van der Waals surface area (Å²) in [6, 6.07) is 11.9. The van der Waals surface area contributed by atoms with Gasteiger partial charge in [0.25, 0.3) is 0 Å². The Morgan fingerprint density at radius 3 is 2.33 bits per heavy atom. The minimum absolute atomic E-state index is 0.0368. The minimum Gasteiger partial charge on any atom is -0.345 e. The van der Waals surface area contributed by atoms with Crippen LogP contribution in [0.25, 0.3) is 11.0 Å². The van der Waals surface area contributed by atoms with Crippen molar-refractivity contribution in [1.29, 1.82) is 0 Å². The van der Waals surface area contributed by atoms with Crippen molar-refractivity contribution in [2.45, 2.75) is 59.2 Å². The predicted octanol–water partition coefficient (Wildman–Crippen LogP) is 4.88. The van der Waals surface area contributed by atoms with E-state index in [1.54, 1.807) is 0 Å². The van der Waals surface area contributed by atoms with Crippen LogP contribution in [0, 0.1) is 5.92 Å². The third kappa shape index (κ3) is 4.07. The Morgan fingerprint density at radius 1 is 1.04 bits per heavy atom. The van der Waals surface area contributed by atoms with E-state index in [1.165, 1.54) is 0 Å². The van der Waals surface area contributed by atoms with Crippen molar-refractivity contribution in [3.05, 3.63) is 54.6 Å². The molecule has 3 rings (SSSR count). The van der Waals surface area contributed by atoms with Gasteiger partial charge in [0.1, 0.15) is 11.9 Å². The van der Waals surface area contributed by atoms with Crippen LogP contribution in [-0.4, -0.2) is 20.0 Å². The Hall–Kier alpha value is -2.56. The zero-order valence-corrected chi connectivity index (χ0v) is 16.9. The molecule has 0 aliphatic carbocycles. The van der Waals surface area contributed by atoms with Crippen molar-refractivity contribution >= 4 is 16.9 Å². The summed E-state index contributed by atoms with van der Waals surface area (Å²) in [6.07, 6.45) is 4.72. The summed E-state index contributed by atoms with van der Waals surface area (Å²) in [7, 11) is 0. The lowest BCUT2D eigenvalue weighted by atomic mass is 10.0. The Labute approximate surface area is 161 Å². The average Bonchev–Trinajstić information content (AvgIpc) is 3.26. The van der Waals surface area contributed by atoms with Crippen molar-refractivity contribution in [2.75, 3.05) is 0 Å². The van der Waals surface area contributed by atoms with E-state index in [4.69, 9.17) is 4.98 Å². The summed E-state index contributed by atoms with van der Waals surface area (Å²) >= 11 is 0. The van der Waals surface area contributed by atoms with Crippen LogP contribution in [0.3, 0.4) is 0 Å². The number of imidazole rings is 1. The molecule has 0 unspecified atom stereocenters. The highest BCUT2D eigenvalue weighted by Crippen LogP contribution is 2.26. The van der Waals surface area contributed by atoms with Crippen LogP contribution in [0.1, 0.15) is 65.0 Å². The lowest BCUT2D eigenvalue weighted by Crippen LogP contribution is -2.35. The second kappa shape index (κ2) is 7.99. The maximum Gasteiger partial charge on any atom is 0.243 e. The molecule has 0 saturated carbocycles.